The van der Waals surface area contributed by atoms with Crippen LogP contribution in [0.2, 0.25) is 0 Å². The number of halogens is 1. The molecular weight excluding hydrogens is 450 g/mol. The number of carboxylic acid groups (broad SMARTS) is 1. The van der Waals surface area contributed by atoms with Gasteiger partial charge >= 0.3 is 5.97 Å². The highest BCUT2D eigenvalue weighted by Gasteiger charge is 2.16. The van der Waals surface area contributed by atoms with Gasteiger partial charge in [-0.05, 0) is 62.7 Å². The van der Waals surface area contributed by atoms with Crippen LogP contribution in [0.1, 0.15) is 37.7 Å². The van der Waals surface area contributed by atoms with Crippen LogP contribution in [0.4, 0.5) is 11.4 Å². The number of aryl methyl sites for hydroxylation is 2. The summed E-state index contributed by atoms with van der Waals surface area (Å²) in [5.74, 6) is -0.588. The molecule has 0 saturated heterocycles. The number of rotatable bonds is 7. The third-order valence-electron chi connectivity index (χ3n) is 4.89. The molecule has 1 amide bonds. The maximum Gasteiger partial charge on any atom is 0.335 e. The van der Waals surface area contributed by atoms with E-state index in [1.54, 1.807) is 30.3 Å². The number of likely N-dealkylation sites (N-methyl/N-ethyl adjacent to an activating group) is 1. The molecule has 156 valence electrons. The van der Waals surface area contributed by atoms with Gasteiger partial charge in [-0.3, -0.25) is 4.79 Å². The van der Waals surface area contributed by atoms with Crippen LogP contribution in [-0.2, 0) is 6.42 Å². The van der Waals surface area contributed by atoms with E-state index >= 15 is 0 Å². The van der Waals surface area contributed by atoms with Crippen molar-refractivity contribution in [1.29, 1.82) is 0 Å². The van der Waals surface area contributed by atoms with E-state index in [-0.39, 0.29) is 11.5 Å². The van der Waals surface area contributed by atoms with Crippen molar-refractivity contribution in [3.63, 3.8) is 0 Å². The van der Waals surface area contributed by atoms with Crippen LogP contribution in [-0.4, -0.2) is 35.7 Å². The molecule has 1 aromatic heterocycles. The number of anilines is 2. The average Bonchev–Trinajstić information content (AvgIpc) is 3.04. The molecule has 0 bridgehead atoms. The van der Waals surface area contributed by atoms with Gasteiger partial charge < -0.3 is 19.8 Å². The van der Waals surface area contributed by atoms with Crippen LogP contribution >= 0.6 is 15.9 Å². The molecule has 0 fully saturated rings. The summed E-state index contributed by atoms with van der Waals surface area (Å²) in [5, 5.41) is 16.2. The van der Waals surface area contributed by atoms with Crippen molar-refractivity contribution < 1.29 is 19.2 Å². The third kappa shape index (κ3) is 4.88. The topological polar surface area (TPSA) is 95.7 Å². The summed E-state index contributed by atoms with van der Waals surface area (Å²) in [4.78, 5) is 26.1. The molecule has 0 saturated carbocycles. The Kier molecular flexibility index (Phi) is 6.56. The highest BCUT2D eigenvalue weighted by atomic mass is 79.9. The first-order valence-corrected chi connectivity index (χ1v) is 10.1. The van der Waals surface area contributed by atoms with Gasteiger partial charge in [0.25, 0.3) is 5.91 Å². The van der Waals surface area contributed by atoms with Gasteiger partial charge in [-0.1, -0.05) is 21.1 Å². The predicted octanol–water partition coefficient (Wildman–Crippen LogP) is 4.68. The summed E-state index contributed by atoms with van der Waals surface area (Å²) >= 11 is 3.35. The lowest BCUT2D eigenvalue weighted by atomic mass is 10.1. The normalized spacial score (nSPS) is 10.7. The standard InChI is InChI=1S/C22H22BrN3O4/c1-13-18(14(2)30-25-13)10-11-26(3)20-9-6-16(22(28)29)12-19(20)24-21(27)15-4-7-17(23)8-5-15/h4-9,12H,10-11H2,1-3H3,(H,24,27)(H,28,29). The van der Waals surface area contributed by atoms with Crippen molar-refractivity contribution in [3.8, 4) is 0 Å². The van der Waals surface area contributed by atoms with Crippen LogP contribution in [0.3, 0.4) is 0 Å². The monoisotopic (exact) mass is 471 g/mol. The maximum atomic E-state index is 12.7. The number of carbonyl (C=O) groups excluding carboxylic acids is 1. The Morgan fingerprint density at radius 3 is 2.40 bits per heavy atom. The first-order chi connectivity index (χ1) is 14.3. The van der Waals surface area contributed by atoms with Gasteiger partial charge in [-0.25, -0.2) is 4.79 Å². The fourth-order valence-corrected chi connectivity index (χ4v) is 3.42. The molecule has 1 heterocycles. The SMILES string of the molecule is Cc1noc(C)c1CCN(C)c1ccc(C(=O)O)cc1NC(=O)c1ccc(Br)cc1. The number of benzene rings is 2. The predicted molar refractivity (Wildman–Crippen MR) is 118 cm³/mol. The van der Waals surface area contributed by atoms with E-state index in [1.807, 2.05) is 25.8 Å². The van der Waals surface area contributed by atoms with Crippen molar-refractivity contribution in [2.24, 2.45) is 0 Å². The number of amides is 1. The second-order valence-corrected chi connectivity index (χ2v) is 7.89. The average molecular weight is 472 g/mol. The van der Waals surface area contributed by atoms with Gasteiger partial charge in [0.15, 0.2) is 0 Å². The Labute approximate surface area is 182 Å². The van der Waals surface area contributed by atoms with Gasteiger partial charge in [-0.2, -0.15) is 0 Å². The van der Waals surface area contributed by atoms with Crippen molar-refractivity contribution in [1.82, 2.24) is 5.16 Å². The number of hydrogen-bond donors (Lipinski definition) is 2. The maximum absolute atomic E-state index is 12.7. The Morgan fingerprint density at radius 1 is 1.13 bits per heavy atom. The van der Waals surface area contributed by atoms with Gasteiger partial charge in [0, 0.05) is 29.2 Å². The minimum Gasteiger partial charge on any atom is -0.478 e. The first-order valence-electron chi connectivity index (χ1n) is 9.33. The zero-order valence-electron chi connectivity index (χ0n) is 16.9. The number of carboxylic acids is 1. The van der Waals surface area contributed by atoms with Crippen molar-refractivity contribution in [2.75, 3.05) is 23.8 Å². The smallest absolute Gasteiger partial charge is 0.335 e. The summed E-state index contributed by atoms with van der Waals surface area (Å²) in [6.45, 7) is 4.41. The minimum absolute atomic E-state index is 0.101. The van der Waals surface area contributed by atoms with Crippen LogP contribution in [0, 0.1) is 13.8 Å². The molecular formula is C22H22BrN3O4. The number of nitrogens with zero attached hydrogens (tertiary/aromatic N) is 2. The summed E-state index contributed by atoms with van der Waals surface area (Å²) in [6.07, 6.45) is 0.707. The van der Waals surface area contributed by atoms with E-state index in [4.69, 9.17) is 4.52 Å². The second-order valence-electron chi connectivity index (χ2n) is 6.97. The van der Waals surface area contributed by atoms with Gasteiger partial charge in [0.2, 0.25) is 0 Å². The molecule has 2 aromatic carbocycles. The number of aromatic nitrogens is 1. The fourth-order valence-electron chi connectivity index (χ4n) is 3.16. The van der Waals surface area contributed by atoms with Gasteiger partial charge in [0.05, 0.1) is 22.6 Å². The number of carbonyl (C=O) groups is 2. The van der Waals surface area contributed by atoms with Crippen molar-refractivity contribution >= 4 is 39.2 Å². The minimum atomic E-state index is -1.06. The van der Waals surface area contributed by atoms with Crippen LogP contribution in [0.5, 0.6) is 0 Å². The van der Waals surface area contributed by atoms with Crippen LogP contribution in [0.15, 0.2) is 51.5 Å². The molecule has 8 heteroatoms. The summed E-state index contributed by atoms with van der Waals surface area (Å²) in [6, 6.07) is 11.6. The Bertz CT molecular complexity index is 1060. The largest absolute Gasteiger partial charge is 0.478 e. The van der Waals surface area contributed by atoms with Crippen LogP contribution in [0.25, 0.3) is 0 Å². The lowest BCUT2D eigenvalue weighted by Crippen LogP contribution is -2.23. The molecule has 7 nitrogen and oxygen atoms in total. The molecule has 0 aliphatic heterocycles. The fraction of sp³-hybridized carbons (Fsp3) is 0.227. The highest BCUT2D eigenvalue weighted by molar-refractivity contribution is 9.10. The van der Waals surface area contributed by atoms with Gasteiger partial charge in [-0.15, -0.1) is 0 Å². The van der Waals surface area contributed by atoms with E-state index in [2.05, 4.69) is 26.4 Å². The van der Waals surface area contributed by atoms with Gasteiger partial charge in [0.1, 0.15) is 5.76 Å². The third-order valence-corrected chi connectivity index (χ3v) is 5.42. The summed E-state index contributed by atoms with van der Waals surface area (Å²) in [7, 11) is 1.89. The van der Waals surface area contributed by atoms with Crippen LogP contribution < -0.4 is 10.2 Å². The molecule has 0 spiro atoms. The Hall–Kier alpha value is -3.13. The first kappa shape index (κ1) is 21.6. The lowest BCUT2D eigenvalue weighted by Gasteiger charge is -2.23. The molecule has 30 heavy (non-hydrogen) atoms. The molecule has 3 rings (SSSR count). The highest BCUT2D eigenvalue weighted by Crippen LogP contribution is 2.28. The molecule has 0 aliphatic rings. The Balaban J connectivity index is 1.85. The van der Waals surface area contributed by atoms with Crippen molar-refractivity contribution in [2.45, 2.75) is 20.3 Å². The summed E-state index contributed by atoms with van der Waals surface area (Å²) < 4.78 is 6.08. The molecule has 3 aromatic rings. The number of aromatic carboxylic acids is 1. The molecule has 0 aliphatic carbocycles. The van der Waals surface area contributed by atoms with Crippen molar-refractivity contribution in [3.05, 3.63) is 75.1 Å². The van der Waals surface area contributed by atoms with E-state index in [0.717, 1.165) is 27.2 Å². The summed E-state index contributed by atoms with van der Waals surface area (Å²) in [5.41, 5.74) is 3.63. The quantitative estimate of drug-likeness (QED) is 0.519. The molecule has 0 radical (unpaired) electrons. The van der Waals surface area contributed by atoms with E-state index in [1.165, 1.54) is 12.1 Å². The second kappa shape index (κ2) is 9.13. The lowest BCUT2D eigenvalue weighted by molar-refractivity contribution is 0.0696. The molecule has 0 unspecified atom stereocenters. The molecule has 2 N–H and O–H groups in total. The zero-order valence-corrected chi connectivity index (χ0v) is 18.5. The number of nitrogens with one attached hydrogen (secondary N) is 1. The molecule has 0 atom stereocenters. The Morgan fingerprint density at radius 2 is 1.80 bits per heavy atom. The van der Waals surface area contributed by atoms with E-state index < -0.39 is 5.97 Å². The number of hydrogen-bond acceptors (Lipinski definition) is 5. The zero-order chi connectivity index (χ0) is 21.8. The van der Waals surface area contributed by atoms with E-state index in [9.17, 15) is 14.7 Å². The van der Waals surface area contributed by atoms with E-state index in [0.29, 0.717) is 24.2 Å².